The number of hydrogen-bond donors (Lipinski definition) is 1. The van der Waals surface area contributed by atoms with Crippen LogP contribution >= 0.6 is 0 Å². The number of nitrogens with zero attached hydrogens (tertiary/aromatic N) is 1. The second-order valence-corrected chi connectivity index (χ2v) is 5.48. The Kier molecular flexibility index (Phi) is 3.03. The van der Waals surface area contributed by atoms with Gasteiger partial charge in [0.1, 0.15) is 0 Å². The smallest absolute Gasteiger partial charge is 0.0705 e. The van der Waals surface area contributed by atoms with E-state index >= 15 is 0 Å². The summed E-state index contributed by atoms with van der Waals surface area (Å²) in [6, 6.07) is 18.6. The first-order valence-electron chi connectivity index (χ1n) is 6.79. The molecule has 3 rings (SSSR count). The molecule has 20 heavy (non-hydrogen) atoms. The number of rotatable bonds is 2. The van der Waals surface area contributed by atoms with Crippen LogP contribution in [0.3, 0.4) is 0 Å². The SMILES string of the molecule is Cc1ccc(C(C)(N)c2ccc3cccnc3c2)cc1. The molecular formula is C18H18N2. The van der Waals surface area contributed by atoms with Crippen LogP contribution < -0.4 is 5.73 Å². The van der Waals surface area contributed by atoms with Crippen LogP contribution in [0.2, 0.25) is 0 Å². The lowest BCUT2D eigenvalue weighted by Gasteiger charge is -2.26. The van der Waals surface area contributed by atoms with Crippen molar-refractivity contribution in [2.45, 2.75) is 19.4 Å². The molecule has 1 aromatic heterocycles. The number of nitrogens with two attached hydrogens (primary N) is 1. The Morgan fingerprint density at radius 3 is 2.40 bits per heavy atom. The van der Waals surface area contributed by atoms with Gasteiger partial charge in [0, 0.05) is 11.6 Å². The fraction of sp³-hybridized carbons (Fsp3) is 0.167. The topological polar surface area (TPSA) is 38.9 Å². The second kappa shape index (κ2) is 4.73. The molecule has 0 saturated carbocycles. The molecule has 1 atom stereocenters. The Labute approximate surface area is 119 Å². The summed E-state index contributed by atoms with van der Waals surface area (Å²) < 4.78 is 0. The molecule has 3 aromatic rings. The maximum Gasteiger partial charge on any atom is 0.0705 e. The Bertz CT molecular complexity index is 743. The number of benzene rings is 2. The molecule has 0 saturated heterocycles. The Morgan fingerprint density at radius 1 is 0.950 bits per heavy atom. The predicted octanol–water partition coefficient (Wildman–Crippen LogP) is 3.77. The van der Waals surface area contributed by atoms with Crippen molar-refractivity contribution >= 4 is 10.9 Å². The van der Waals surface area contributed by atoms with Crippen LogP contribution in [0.1, 0.15) is 23.6 Å². The van der Waals surface area contributed by atoms with Gasteiger partial charge in [0.15, 0.2) is 0 Å². The first kappa shape index (κ1) is 12.8. The molecule has 0 fully saturated rings. The van der Waals surface area contributed by atoms with Gasteiger partial charge >= 0.3 is 0 Å². The number of hydrogen-bond acceptors (Lipinski definition) is 2. The highest BCUT2D eigenvalue weighted by atomic mass is 14.7. The van der Waals surface area contributed by atoms with Crippen molar-refractivity contribution in [2.24, 2.45) is 5.73 Å². The summed E-state index contributed by atoms with van der Waals surface area (Å²) in [7, 11) is 0. The third kappa shape index (κ3) is 2.19. The maximum atomic E-state index is 6.57. The van der Waals surface area contributed by atoms with Crippen molar-refractivity contribution in [2.75, 3.05) is 0 Å². The van der Waals surface area contributed by atoms with Gasteiger partial charge in [0.2, 0.25) is 0 Å². The van der Waals surface area contributed by atoms with Crippen LogP contribution in [-0.2, 0) is 5.54 Å². The van der Waals surface area contributed by atoms with Gasteiger partial charge in [0.05, 0.1) is 11.1 Å². The van der Waals surface area contributed by atoms with Crippen molar-refractivity contribution in [3.8, 4) is 0 Å². The minimum Gasteiger partial charge on any atom is -0.318 e. The Balaban J connectivity index is 2.10. The molecule has 100 valence electrons. The number of aryl methyl sites for hydroxylation is 1. The highest BCUT2D eigenvalue weighted by Gasteiger charge is 2.23. The zero-order chi connectivity index (χ0) is 14.2. The van der Waals surface area contributed by atoms with Crippen molar-refractivity contribution in [1.82, 2.24) is 4.98 Å². The number of aromatic nitrogens is 1. The molecule has 2 aromatic carbocycles. The van der Waals surface area contributed by atoms with Crippen LogP contribution in [0.5, 0.6) is 0 Å². The van der Waals surface area contributed by atoms with Crippen LogP contribution in [0.4, 0.5) is 0 Å². The maximum absolute atomic E-state index is 6.57. The van der Waals surface area contributed by atoms with E-state index in [2.05, 4.69) is 60.4 Å². The van der Waals surface area contributed by atoms with Crippen molar-refractivity contribution in [3.63, 3.8) is 0 Å². The standard InChI is InChI=1S/C18H18N2/c1-13-5-8-15(9-6-13)18(2,19)16-10-7-14-4-3-11-20-17(14)12-16/h3-12H,19H2,1-2H3. The fourth-order valence-corrected chi connectivity index (χ4v) is 2.46. The normalized spacial score (nSPS) is 14.2. The molecule has 2 N–H and O–H groups in total. The lowest BCUT2D eigenvalue weighted by molar-refractivity contribution is 0.603. The molecule has 0 aliphatic rings. The molecule has 0 radical (unpaired) electrons. The van der Waals surface area contributed by atoms with Crippen molar-refractivity contribution in [3.05, 3.63) is 77.5 Å². The van der Waals surface area contributed by atoms with E-state index in [0.717, 1.165) is 22.0 Å². The number of fused-ring (bicyclic) bond motifs is 1. The lowest BCUT2D eigenvalue weighted by atomic mass is 9.85. The second-order valence-electron chi connectivity index (χ2n) is 5.48. The van der Waals surface area contributed by atoms with Crippen LogP contribution in [0, 0.1) is 6.92 Å². The third-order valence-corrected chi connectivity index (χ3v) is 3.86. The van der Waals surface area contributed by atoms with Gasteiger partial charge in [-0.1, -0.05) is 48.0 Å². The van der Waals surface area contributed by atoms with E-state index in [9.17, 15) is 0 Å². The van der Waals surface area contributed by atoms with Gasteiger partial charge < -0.3 is 5.73 Å². The van der Waals surface area contributed by atoms with Gasteiger partial charge in [-0.15, -0.1) is 0 Å². The van der Waals surface area contributed by atoms with Gasteiger partial charge in [-0.25, -0.2) is 0 Å². The van der Waals surface area contributed by atoms with E-state index in [1.54, 1.807) is 0 Å². The zero-order valence-corrected chi connectivity index (χ0v) is 11.8. The molecular weight excluding hydrogens is 244 g/mol. The van der Waals surface area contributed by atoms with Crippen molar-refractivity contribution < 1.29 is 0 Å². The molecule has 0 amide bonds. The molecule has 2 heteroatoms. The Hall–Kier alpha value is -2.19. The molecule has 0 bridgehead atoms. The summed E-state index contributed by atoms with van der Waals surface area (Å²) in [5.74, 6) is 0. The third-order valence-electron chi connectivity index (χ3n) is 3.86. The van der Waals surface area contributed by atoms with E-state index < -0.39 is 5.54 Å². The van der Waals surface area contributed by atoms with Gasteiger partial charge in [-0.3, -0.25) is 4.98 Å². The summed E-state index contributed by atoms with van der Waals surface area (Å²) in [6.07, 6.45) is 1.81. The minimum absolute atomic E-state index is 0.514. The lowest BCUT2D eigenvalue weighted by Crippen LogP contribution is -2.34. The summed E-state index contributed by atoms with van der Waals surface area (Å²) in [5.41, 5.74) is 10.5. The number of pyridine rings is 1. The van der Waals surface area contributed by atoms with E-state index in [0.29, 0.717) is 0 Å². The average molecular weight is 262 g/mol. The zero-order valence-electron chi connectivity index (χ0n) is 11.8. The first-order valence-corrected chi connectivity index (χ1v) is 6.79. The molecule has 2 nitrogen and oxygen atoms in total. The van der Waals surface area contributed by atoms with Gasteiger partial charge in [0.25, 0.3) is 0 Å². The largest absolute Gasteiger partial charge is 0.318 e. The summed E-state index contributed by atoms with van der Waals surface area (Å²) in [4.78, 5) is 4.41. The average Bonchev–Trinajstić information content (AvgIpc) is 2.47. The minimum atomic E-state index is -0.514. The molecule has 1 heterocycles. The highest BCUT2D eigenvalue weighted by molar-refractivity contribution is 5.79. The summed E-state index contributed by atoms with van der Waals surface area (Å²) >= 11 is 0. The quantitative estimate of drug-likeness (QED) is 0.763. The molecule has 0 aliphatic carbocycles. The summed E-state index contributed by atoms with van der Waals surface area (Å²) in [5, 5.41) is 1.14. The monoisotopic (exact) mass is 262 g/mol. The highest BCUT2D eigenvalue weighted by Crippen LogP contribution is 2.28. The van der Waals surface area contributed by atoms with Crippen LogP contribution in [-0.4, -0.2) is 4.98 Å². The predicted molar refractivity (Wildman–Crippen MR) is 83.6 cm³/mol. The first-order chi connectivity index (χ1) is 9.57. The van der Waals surface area contributed by atoms with Crippen molar-refractivity contribution in [1.29, 1.82) is 0 Å². The van der Waals surface area contributed by atoms with Gasteiger partial charge in [-0.2, -0.15) is 0 Å². The van der Waals surface area contributed by atoms with Gasteiger partial charge in [-0.05, 0) is 37.1 Å². The van der Waals surface area contributed by atoms with Crippen LogP contribution in [0.15, 0.2) is 60.8 Å². The molecule has 0 spiro atoms. The fourth-order valence-electron chi connectivity index (χ4n) is 2.46. The van der Waals surface area contributed by atoms with E-state index in [1.165, 1.54) is 5.56 Å². The van der Waals surface area contributed by atoms with E-state index in [4.69, 9.17) is 5.73 Å². The summed E-state index contributed by atoms with van der Waals surface area (Å²) in [6.45, 7) is 4.12. The van der Waals surface area contributed by atoms with E-state index in [-0.39, 0.29) is 0 Å². The Morgan fingerprint density at radius 2 is 1.65 bits per heavy atom. The molecule has 0 aliphatic heterocycles. The van der Waals surface area contributed by atoms with Crippen LogP contribution in [0.25, 0.3) is 10.9 Å². The molecule has 1 unspecified atom stereocenters. The van der Waals surface area contributed by atoms with E-state index in [1.807, 2.05) is 19.2 Å².